The summed E-state index contributed by atoms with van der Waals surface area (Å²) in [6, 6.07) is 0. The summed E-state index contributed by atoms with van der Waals surface area (Å²) in [4.78, 5) is 0. The molecule has 0 saturated carbocycles. The molecule has 6 heteroatoms. The largest absolute Gasteiger partial charge is 0.203 e. The monoisotopic (exact) mass is 320 g/mol. The van der Waals surface area contributed by atoms with Crippen LogP contribution in [0.25, 0.3) is 0 Å². The maximum atomic E-state index is 14.2. The van der Waals surface area contributed by atoms with Crippen LogP contribution in [0.15, 0.2) is 0 Å². The van der Waals surface area contributed by atoms with E-state index in [4.69, 9.17) is 0 Å². The smallest absolute Gasteiger partial charge is 0.200 e. The van der Waals surface area contributed by atoms with Crippen LogP contribution in [-0.2, 0) is 5.31 Å². The maximum Gasteiger partial charge on any atom is 0.200 e. The maximum absolute atomic E-state index is 14.2. The van der Waals surface area contributed by atoms with Crippen LogP contribution in [0.4, 0.5) is 22.0 Å². The molecule has 0 heterocycles. The summed E-state index contributed by atoms with van der Waals surface area (Å²) in [5, 5.41) is -1.01. The van der Waals surface area contributed by atoms with Crippen LogP contribution in [0.1, 0.15) is 58.4 Å². The van der Waals surface area contributed by atoms with Crippen LogP contribution < -0.4 is 0 Å². The molecule has 0 amide bonds. The van der Waals surface area contributed by atoms with Crippen LogP contribution in [0.5, 0.6) is 0 Å². The van der Waals surface area contributed by atoms with Gasteiger partial charge >= 0.3 is 0 Å². The molecular formula is C16H22BF5. The van der Waals surface area contributed by atoms with Crippen LogP contribution >= 0.6 is 0 Å². The molecule has 22 heavy (non-hydrogen) atoms. The number of unbranched alkanes of at least 4 members (excludes halogenated alkanes) is 1. The number of benzene rings is 1. The van der Waals surface area contributed by atoms with Gasteiger partial charge in [-0.25, -0.2) is 22.0 Å². The van der Waals surface area contributed by atoms with Gasteiger partial charge in [-0.2, -0.15) is 0 Å². The summed E-state index contributed by atoms with van der Waals surface area (Å²) < 4.78 is 68.7. The van der Waals surface area contributed by atoms with Gasteiger partial charge in [0.15, 0.2) is 23.3 Å². The van der Waals surface area contributed by atoms with E-state index in [0.29, 0.717) is 32.9 Å². The van der Waals surface area contributed by atoms with E-state index in [0.717, 1.165) is 12.8 Å². The number of hydrogen-bond acceptors (Lipinski definition) is 0. The topological polar surface area (TPSA) is 0 Å². The molecule has 0 aliphatic heterocycles. The third kappa shape index (κ3) is 3.46. The lowest BCUT2D eigenvalue weighted by molar-refractivity contribution is 0.350. The van der Waals surface area contributed by atoms with E-state index in [9.17, 15) is 22.0 Å². The van der Waals surface area contributed by atoms with Gasteiger partial charge in [0.25, 0.3) is 0 Å². The lowest BCUT2D eigenvalue weighted by Gasteiger charge is -2.33. The molecule has 0 bridgehead atoms. The summed E-state index contributed by atoms with van der Waals surface area (Å²) >= 11 is 0. The van der Waals surface area contributed by atoms with Crippen LogP contribution in [0, 0.1) is 29.1 Å². The first-order valence-corrected chi connectivity index (χ1v) is 7.88. The summed E-state index contributed by atoms with van der Waals surface area (Å²) in [6.07, 6.45) is 3.82. The van der Waals surface area contributed by atoms with Crippen molar-refractivity contribution in [3.05, 3.63) is 34.6 Å². The predicted molar refractivity (Wildman–Crippen MR) is 80.0 cm³/mol. The first kappa shape index (κ1) is 19.0. The number of hydrogen-bond donors (Lipinski definition) is 0. The average Bonchev–Trinajstić information content (AvgIpc) is 2.51. The van der Waals surface area contributed by atoms with Crippen molar-refractivity contribution in [2.24, 2.45) is 0 Å². The summed E-state index contributed by atoms with van der Waals surface area (Å²) in [6.45, 7) is 5.57. The van der Waals surface area contributed by atoms with Gasteiger partial charge in [0, 0.05) is 5.56 Å². The zero-order valence-electron chi connectivity index (χ0n) is 13.3. The van der Waals surface area contributed by atoms with E-state index in [1.54, 1.807) is 6.92 Å². The predicted octanol–water partition coefficient (Wildman–Crippen LogP) is 5.44. The highest BCUT2D eigenvalue weighted by molar-refractivity contribution is 6.40. The average molecular weight is 320 g/mol. The van der Waals surface area contributed by atoms with Crippen molar-refractivity contribution in [2.75, 3.05) is 0 Å². The van der Waals surface area contributed by atoms with E-state index < -0.39 is 40.0 Å². The quantitative estimate of drug-likeness (QED) is 0.197. The molecule has 0 aliphatic rings. The standard InChI is InChI=1S/C16H22BF5/c1-4-7-9-17-16(6-3,8-5-2)10-11(18)13(20)15(22)14(21)12(10)19/h17H,4-9H2,1-3H3. The number of rotatable bonds is 8. The minimum Gasteiger partial charge on any atom is -0.203 e. The van der Waals surface area contributed by atoms with E-state index in [-0.39, 0.29) is 0 Å². The Bertz CT molecular complexity index is 489. The molecule has 124 valence electrons. The van der Waals surface area contributed by atoms with Gasteiger partial charge in [0.05, 0.1) is 0 Å². The van der Waals surface area contributed by atoms with Crippen molar-refractivity contribution in [3.8, 4) is 0 Å². The second-order valence-corrected chi connectivity index (χ2v) is 5.79. The highest BCUT2D eigenvalue weighted by atomic mass is 19.2. The zero-order chi connectivity index (χ0) is 16.9. The summed E-state index contributed by atoms with van der Waals surface area (Å²) in [7, 11) is 0.420. The minimum atomic E-state index is -2.09. The molecule has 0 spiro atoms. The van der Waals surface area contributed by atoms with Gasteiger partial charge in [-0.15, -0.1) is 0 Å². The molecule has 0 nitrogen and oxygen atoms in total. The van der Waals surface area contributed by atoms with E-state index in [2.05, 4.69) is 0 Å². The first-order valence-electron chi connectivity index (χ1n) is 7.88. The van der Waals surface area contributed by atoms with Crippen LogP contribution in [0.3, 0.4) is 0 Å². The second kappa shape index (κ2) is 7.98. The molecule has 0 aromatic heterocycles. The molecule has 0 N–H and O–H groups in total. The third-order valence-corrected chi connectivity index (χ3v) is 4.40. The molecule has 0 fully saturated rings. The fourth-order valence-electron chi connectivity index (χ4n) is 3.17. The lowest BCUT2D eigenvalue weighted by Crippen LogP contribution is -2.36. The minimum absolute atomic E-state index is 0.336. The van der Waals surface area contributed by atoms with Crippen LogP contribution in [-0.4, -0.2) is 7.28 Å². The van der Waals surface area contributed by atoms with Crippen LogP contribution in [0.2, 0.25) is 6.32 Å². The van der Waals surface area contributed by atoms with Gasteiger partial charge in [0.1, 0.15) is 7.28 Å². The molecule has 0 aliphatic carbocycles. The van der Waals surface area contributed by atoms with Crippen molar-refractivity contribution in [1.82, 2.24) is 0 Å². The molecule has 1 atom stereocenters. The Morgan fingerprint density at radius 2 is 1.27 bits per heavy atom. The van der Waals surface area contributed by atoms with Crippen molar-refractivity contribution in [1.29, 1.82) is 0 Å². The summed E-state index contributed by atoms with van der Waals surface area (Å²) in [5.74, 6) is -9.14. The molecule has 1 unspecified atom stereocenters. The van der Waals surface area contributed by atoms with Gasteiger partial charge in [-0.3, -0.25) is 0 Å². The lowest BCUT2D eigenvalue weighted by atomic mass is 9.44. The SMILES string of the molecule is CCCCBC(CC)(CCC)c1c(F)c(F)c(F)c(F)c1F. The highest BCUT2D eigenvalue weighted by Gasteiger charge is 2.39. The Balaban J connectivity index is 3.48. The molecule has 0 radical (unpaired) electrons. The fraction of sp³-hybridized carbons (Fsp3) is 0.625. The van der Waals surface area contributed by atoms with Gasteiger partial charge in [-0.1, -0.05) is 59.2 Å². The van der Waals surface area contributed by atoms with E-state index in [1.807, 2.05) is 13.8 Å². The second-order valence-electron chi connectivity index (χ2n) is 5.79. The van der Waals surface area contributed by atoms with Gasteiger partial charge in [-0.05, 0) is 5.31 Å². The first-order chi connectivity index (χ1) is 10.4. The van der Waals surface area contributed by atoms with E-state index >= 15 is 0 Å². The summed E-state index contributed by atoms with van der Waals surface area (Å²) in [5.41, 5.74) is -0.635. The Hall–Kier alpha value is -1.07. The number of halogens is 5. The highest BCUT2D eigenvalue weighted by Crippen LogP contribution is 2.39. The Labute approximate surface area is 129 Å². The normalized spacial score (nSPS) is 14.0. The molecular weight excluding hydrogens is 298 g/mol. The third-order valence-electron chi connectivity index (χ3n) is 4.40. The van der Waals surface area contributed by atoms with Crippen molar-refractivity contribution in [3.63, 3.8) is 0 Å². The molecule has 1 rings (SSSR count). The van der Waals surface area contributed by atoms with Crippen molar-refractivity contribution < 1.29 is 22.0 Å². The molecule has 1 aromatic carbocycles. The van der Waals surface area contributed by atoms with Gasteiger partial charge < -0.3 is 0 Å². The Morgan fingerprint density at radius 1 is 0.773 bits per heavy atom. The molecule has 0 saturated heterocycles. The fourth-order valence-corrected chi connectivity index (χ4v) is 3.17. The zero-order valence-corrected chi connectivity index (χ0v) is 13.3. The van der Waals surface area contributed by atoms with E-state index in [1.165, 1.54) is 0 Å². The Morgan fingerprint density at radius 3 is 1.68 bits per heavy atom. The van der Waals surface area contributed by atoms with Gasteiger partial charge in [0.2, 0.25) is 5.82 Å². The van der Waals surface area contributed by atoms with Crippen molar-refractivity contribution in [2.45, 2.75) is 64.5 Å². The van der Waals surface area contributed by atoms with Crippen molar-refractivity contribution >= 4 is 7.28 Å². The molecule has 1 aromatic rings. The Kier molecular flexibility index (Phi) is 6.88.